The number of aromatic nitrogens is 4. The van der Waals surface area contributed by atoms with Gasteiger partial charge in [-0.3, -0.25) is 14.3 Å². The Labute approximate surface area is 144 Å². The molecule has 1 aliphatic heterocycles. The van der Waals surface area contributed by atoms with Gasteiger partial charge in [0.25, 0.3) is 5.56 Å². The lowest BCUT2D eigenvalue weighted by Crippen LogP contribution is -2.37. The van der Waals surface area contributed by atoms with Gasteiger partial charge in [-0.05, 0) is 24.6 Å². The van der Waals surface area contributed by atoms with Gasteiger partial charge in [-0.25, -0.2) is 4.98 Å². The summed E-state index contributed by atoms with van der Waals surface area (Å²) in [4.78, 5) is 33.8. The van der Waals surface area contributed by atoms with Crippen molar-refractivity contribution in [1.29, 1.82) is 0 Å². The van der Waals surface area contributed by atoms with Gasteiger partial charge in [-0.15, -0.1) is 0 Å². The van der Waals surface area contributed by atoms with Crippen LogP contribution < -0.4 is 5.56 Å². The van der Waals surface area contributed by atoms with Crippen molar-refractivity contribution < 1.29 is 4.79 Å². The minimum absolute atomic E-state index is 0.0543. The standard InChI is InChI=1S/C18H19N5O2/c1-22(18(25)12-7-9-23-13(10-12)6-8-19-23)11-16-20-15-5-3-2-4-14(15)17(24)21-16/h2-6,8,12H,7,9-11H2,1H3,(H,20,21,24). The van der Waals surface area contributed by atoms with Crippen LogP contribution in [-0.2, 0) is 24.3 Å². The normalized spacial score (nSPS) is 16.6. The molecule has 0 fully saturated rings. The van der Waals surface area contributed by atoms with Crippen LogP contribution in [0.4, 0.5) is 0 Å². The summed E-state index contributed by atoms with van der Waals surface area (Å²) in [5.74, 6) is 0.519. The molecule has 0 aliphatic carbocycles. The monoisotopic (exact) mass is 337 g/mol. The average molecular weight is 337 g/mol. The zero-order chi connectivity index (χ0) is 17.4. The molecule has 1 aliphatic rings. The van der Waals surface area contributed by atoms with Crippen molar-refractivity contribution in [3.63, 3.8) is 0 Å². The number of benzene rings is 1. The molecular weight excluding hydrogens is 318 g/mol. The molecule has 0 radical (unpaired) electrons. The summed E-state index contributed by atoms with van der Waals surface area (Å²) < 4.78 is 1.95. The van der Waals surface area contributed by atoms with Gasteiger partial charge >= 0.3 is 0 Å². The van der Waals surface area contributed by atoms with Gasteiger partial charge in [0.05, 0.1) is 17.4 Å². The molecule has 7 heteroatoms. The van der Waals surface area contributed by atoms with Crippen molar-refractivity contribution in [2.24, 2.45) is 5.92 Å². The number of H-pyrrole nitrogens is 1. The lowest BCUT2D eigenvalue weighted by molar-refractivity contribution is -0.135. The van der Waals surface area contributed by atoms with E-state index in [1.165, 1.54) is 0 Å². The highest BCUT2D eigenvalue weighted by molar-refractivity contribution is 5.79. The zero-order valence-electron chi connectivity index (χ0n) is 14.0. The number of carbonyl (C=O) groups is 1. The van der Waals surface area contributed by atoms with Crippen molar-refractivity contribution >= 4 is 16.8 Å². The molecule has 0 bridgehead atoms. The summed E-state index contributed by atoms with van der Waals surface area (Å²) in [5, 5.41) is 4.80. The molecule has 4 rings (SSSR count). The quantitative estimate of drug-likeness (QED) is 0.782. The van der Waals surface area contributed by atoms with Crippen LogP contribution in [0.1, 0.15) is 17.9 Å². The Morgan fingerprint density at radius 3 is 3.08 bits per heavy atom. The van der Waals surface area contributed by atoms with Crippen molar-refractivity contribution in [3.05, 3.63) is 58.4 Å². The molecule has 3 aromatic rings. The number of hydrogen-bond donors (Lipinski definition) is 1. The number of aromatic amines is 1. The van der Waals surface area contributed by atoms with E-state index in [0.717, 1.165) is 18.7 Å². The highest BCUT2D eigenvalue weighted by atomic mass is 16.2. The first-order valence-corrected chi connectivity index (χ1v) is 8.35. The van der Waals surface area contributed by atoms with Gasteiger partial charge in [0.1, 0.15) is 5.82 Å². The van der Waals surface area contributed by atoms with E-state index in [9.17, 15) is 9.59 Å². The van der Waals surface area contributed by atoms with Crippen molar-refractivity contribution in [2.75, 3.05) is 7.05 Å². The molecule has 1 aromatic carbocycles. The Morgan fingerprint density at radius 1 is 1.36 bits per heavy atom. The first-order valence-electron chi connectivity index (χ1n) is 8.35. The van der Waals surface area contributed by atoms with E-state index >= 15 is 0 Å². The van der Waals surface area contributed by atoms with Crippen LogP contribution in [-0.4, -0.2) is 37.6 Å². The minimum Gasteiger partial charge on any atom is -0.338 e. The fourth-order valence-corrected chi connectivity index (χ4v) is 3.40. The highest BCUT2D eigenvalue weighted by Gasteiger charge is 2.27. The van der Waals surface area contributed by atoms with E-state index in [-0.39, 0.29) is 23.9 Å². The predicted octanol–water partition coefficient (Wildman–Crippen LogP) is 1.34. The maximum absolute atomic E-state index is 12.8. The number of hydrogen-bond acceptors (Lipinski definition) is 4. The van der Waals surface area contributed by atoms with Crippen molar-refractivity contribution in [3.8, 4) is 0 Å². The number of carbonyl (C=O) groups excluding carboxylic acids is 1. The number of para-hydroxylation sites is 1. The summed E-state index contributed by atoms with van der Waals surface area (Å²) in [6.07, 6.45) is 3.25. The SMILES string of the molecule is CN(Cc1nc2ccccc2c(=O)[nH]1)C(=O)C1CCn2nccc2C1. The van der Waals surface area contributed by atoms with E-state index < -0.39 is 0 Å². The van der Waals surface area contributed by atoms with E-state index in [0.29, 0.717) is 23.1 Å². The van der Waals surface area contributed by atoms with Crippen LogP contribution in [0.25, 0.3) is 10.9 Å². The topological polar surface area (TPSA) is 83.9 Å². The molecule has 1 unspecified atom stereocenters. The smallest absolute Gasteiger partial charge is 0.258 e. The minimum atomic E-state index is -0.178. The second-order valence-electron chi connectivity index (χ2n) is 6.46. The predicted molar refractivity (Wildman–Crippen MR) is 92.9 cm³/mol. The Bertz CT molecular complexity index is 990. The van der Waals surface area contributed by atoms with Gasteiger partial charge in [-0.2, -0.15) is 5.10 Å². The van der Waals surface area contributed by atoms with Crippen LogP contribution in [0.5, 0.6) is 0 Å². The summed E-state index contributed by atoms with van der Waals surface area (Å²) in [6, 6.07) is 9.16. The second kappa shape index (κ2) is 6.16. The Morgan fingerprint density at radius 2 is 2.20 bits per heavy atom. The second-order valence-corrected chi connectivity index (χ2v) is 6.46. The van der Waals surface area contributed by atoms with Crippen LogP contribution in [0.2, 0.25) is 0 Å². The number of nitrogens with zero attached hydrogens (tertiary/aromatic N) is 4. The number of rotatable bonds is 3. The van der Waals surface area contributed by atoms with Crippen LogP contribution in [0.3, 0.4) is 0 Å². The lowest BCUT2D eigenvalue weighted by atomic mass is 9.95. The van der Waals surface area contributed by atoms with Crippen LogP contribution >= 0.6 is 0 Å². The third-order valence-electron chi connectivity index (χ3n) is 4.72. The molecule has 1 amide bonds. The molecule has 1 atom stereocenters. The molecule has 1 N–H and O–H groups in total. The fourth-order valence-electron chi connectivity index (χ4n) is 3.40. The Kier molecular flexibility index (Phi) is 3.83. The van der Waals surface area contributed by atoms with Crippen molar-refractivity contribution in [1.82, 2.24) is 24.6 Å². The number of fused-ring (bicyclic) bond motifs is 2. The van der Waals surface area contributed by atoms with Crippen molar-refractivity contribution in [2.45, 2.75) is 25.9 Å². The van der Waals surface area contributed by atoms with E-state index in [1.54, 1.807) is 30.3 Å². The van der Waals surface area contributed by atoms with Gasteiger partial charge in [-0.1, -0.05) is 12.1 Å². The molecule has 3 heterocycles. The Hall–Kier alpha value is -2.96. The van der Waals surface area contributed by atoms with E-state index in [1.807, 2.05) is 22.9 Å². The molecule has 0 saturated carbocycles. The van der Waals surface area contributed by atoms with E-state index in [2.05, 4.69) is 15.1 Å². The summed E-state index contributed by atoms with van der Waals surface area (Å²) in [5.41, 5.74) is 1.56. The third kappa shape index (κ3) is 2.93. The van der Waals surface area contributed by atoms with Crippen LogP contribution in [0.15, 0.2) is 41.3 Å². The molecule has 25 heavy (non-hydrogen) atoms. The number of aryl methyl sites for hydroxylation is 1. The highest BCUT2D eigenvalue weighted by Crippen LogP contribution is 2.21. The molecule has 0 spiro atoms. The third-order valence-corrected chi connectivity index (χ3v) is 4.72. The average Bonchev–Trinajstić information content (AvgIpc) is 3.08. The summed E-state index contributed by atoms with van der Waals surface area (Å²) in [6.45, 7) is 1.05. The fraction of sp³-hybridized carbons (Fsp3) is 0.333. The molecule has 7 nitrogen and oxygen atoms in total. The largest absolute Gasteiger partial charge is 0.338 e. The first-order chi connectivity index (χ1) is 12.1. The van der Waals surface area contributed by atoms with Gasteiger partial charge < -0.3 is 9.88 Å². The zero-order valence-corrected chi connectivity index (χ0v) is 14.0. The molecule has 0 saturated heterocycles. The lowest BCUT2D eigenvalue weighted by Gasteiger charge is -2.27. The van der Waals surface area contributed by atoms with Gasteiger partial charge in [0.2, 0.25) is 5.91 Å². The van der Waals surface area contributed by atoms with E-state index in [4.69, 9.17) is 0 Å². The summed E-state index contributed by atoms with van der Waals surface area (Å²) in [7, 11) is 1.75. The maximum Gasteiger partial charge on any atom is 0.258 e. The first kappa shape index (κ1) is 15.6. The van der Waals surface area contributed by atoms with Crippen LogP contribution in [0, 0.1) is 5.92 Å². The summed E-state index contributed by atoms with van der Waals surface area (Å²) >= 11 is 0. The molecule has 128 valence electrons. The number of amides is 1. The Balaban J connectivity index is 1.51. The number of nitrogens with one attached hydrogen (secondary N) is 1. The molecule has 2 aromatic heterocycles. The van der Waals surface area contributed by atoms with Gasteiger partial charge in [0, 0.05) is 37.8 Å². The maximum atomic E-state index is 12.8. The molecular formula is C18H19N5O2. The van der Waals surface area contributed by atoms with Gasteiger partial charge in [0.15, 0.2) is 0 Å².